The van der Waals surface area contributed by atoms with E-state index in [1.165, 1.54) is 0 Å². The molecule has 0 saturated carbocycles. The van der Waals surface area contributed by atoms with Crippen molar-refractivity contribution in [3.05, 3.63) is 65.5 Å². The van der Waals surface area contributed by atoms with Gasteiger partial charge in [0.2, 0.25) is 0 Å². The number of carbonyl (C=O) groups is 1. The van der Waals surface area contributed by atoms with Crippen LogP contribution in [0.5, 0.6) is 0 Å². The Morgan fingerprint density at radius 1 is 1.29 bits per heavy atom. The molecule has 0 fully saturated rings. The number of aliphatic hydroxyl groups excluding tert-OH is 1. The number of nitrogens with one attached hydrogen (secondary N) is 1. The van der Waals surface area contributed by atoms with E-state index in [0.29, 0.717) is 18.5 Å². The quantitative estimate of drug-likeness (QED) is 0.856. The number of aryl methyl sites for hydroxylation is 1. The zero-order chi connectivity index (χ0) is 15.1. The molecule has 21 heavy (non-hydrogen) atoms. The first kappa shape index (κ1) is 15.2. The zero-order valence-corrected chi connectivity index (χ0v) is 12.1. The number of pyridine rings is 1. The number of aromatic nitrogens is 1. The predicted octanol–water partition coefficient (Wildman–Crippen LogP) is 2.50. The molecule has 0 aliphatic carbocycles. The number of hydrogen-bond acceptors (Lipinski definition) is 3. The normalized spacial score (nSPS) is 11.9. The second-order valence-corrected chi connectivity index (χ2v) is 4.86. The number of rotatable bonds is 6. The molecule has 0 aliphatic heterocycles. The predicted molar refractivity (Wildman–Crippen MR) is 82.0 cm³/mol. The minimum absolute atomic E-state index is 0.116. The molecule has 2 N–H and O–H groups in total. The fourth-order valence-electron chi connectivity index (χ4n) is 2.19. The Hall–Kier alpha value is -2.20. The molecule has 1 aromatic carbocycles. The van der Waals surface area contributed by atoms with Gasteiger partial charge in [-0.25, -0.2) is 0 Å². The van der Waals surface area contributed by atoms with E-state index in [-0.39, 0.29) is 5.91 Å². The second kappa shape index (κ2) is 7.55. The smallest absolute Gasteiger partial charge is 0.251 e. The number of aliphatic hydroxyl groups is 1. The molecule has 0 spiro atoms. The van der Waals surface area contributed by atoms with Gasteiger partial charge in [-0.2, -0.15) is 0 Å². The summed E-state index contributed by atoms with van der Waals surface area (Å²) in [5.41, 5.74) is 2.45. The van der Waals surface area contributed by atoms with Gasteiger partial charge >= 0.3 is 0 Å². The standard InChI is InChI=1S/C17H20N2O2/c1-2-13-12-18-10-8-15(13)17(21)19-11-9-16(20)14-6-4-3-5-7-14/h3-8,10,12,16,20H,2,9,11H2,1H3,(H,19,21). The summed E-state index contributed by atoms with van der Waals surface area (Å²) >= 11 is 0. The largest absolute Gasteiger partial charge is 0.388 e. The molecule has 1 aromatic heterocycles. The van der Waals surface area contributed by atoms with Crippen LogP contribution in [0.1, 0.15) is 40.9 Å². The van der Waals surface area contributed by atoms with Gasteiger partial charge in [-0.1, -0.05) is 37.3 Å². The van der Waals surface area contributed by atoms with Gasteiger partial charge in [0.05, 0.1) is 6.10 Å². The Labute approximate surface area is 124 Å². The molecule has 2 rings (SSSR count). The van der Waals surface area contributed by atoms with Crippen LogP contribution in [0, 0.1) is 0 Å². The molecule has 0 radical (unpaired) electrons. The highest BCUT2D eigenvalue weighted by Gasteiger charge is 2.11. The van der Waals surface area contributed by atoms with Crippen molar-refractivity contribution in [1.29, 1.82) is 0 Å². The first-order valence-corrected chi connectivity index (χ1v) is 7.16. The molecule has 0 bridgehead atoms. The van der Waals surface area contributed by atoms with Crippen LogP contribution in [0.2, 0.25) is 0 Å². The topological polar surface area (TPSA) is 62.2 Å². The number of carbonyl (C=O) groups excluding carboxylic acids is 1. The molecule has 1 atom stereocenters. The molecular formula is C17H20N2O2. The average Bonchev–Trinajstić information content (AvgIpc) is 2.55. The summed E-state index contributed by atoms with van der Waals surface area (Å²) in [5.74, 6) is -0.116. The highest BCUT2D eigenvalue weighted by atomic mass is 16.3. The maximum absolute atomic E-state index is 12.1. The molecule has 110 valence electrons. The third-order valence-electron chi connectivity index (χ3n) is 3.42. The number of hydrogen-bond donors (Lipinski definition) is 2. The summed E-state index contributed by atoms with van der Waals surface area (Å²) in [7, 11) is 0. The summed E-state index contributed by atoms with van der Waals surface area (Å²) in [6, 6.07) is 11.2. The summed E-state index contributed by atoms with van der Waals surface area (Å²) in [5, 5.41) is 12.9. The van der Waals surface area contributed by atoms with Gasteiger partial charge in [-0.3, -0.25) is 9.78 Å². The maximum atomic E-state index is 12.1. The summed E-state index contributed by atoms with van der Waals surface area (Å²) < 4.78 is 0. The van der Waals surface area contributed by atoms with Crippen molar-refractivity contribution in [2.75, 3.05) is 6.54 Å². The van der Waals surface area contributed by atoms with E-state index in [0.717, 1.165) is 17.5 Å². The fourth-order valence-corrected chi connectivity index (χ4v) is 2.19. The van der Waals surface area contributed by atoms with Crippen LogP contribution in [-0.2, 0) is 6.42 Å². The third kappa shape index (κ3) is 4.13. The summed E-state index contributed by atoms with van der Waals surface area (Å²) in [6.45, 7) is 2.42. The van der Waals surface area contributed by atoms with Gasteiger partial charge in [0.25, 0.3) is 5.91 Å². The van der Waals surface area contributed by atoms with Gasteiger partial charge < -0.3 is 10.4 Å². The van der Waals surface area contributed by atoms with Gasteiger partial charge in [-0.15, -0.1) is 0 Å². The monoisotopic (exact) mass is 284 g/mol. The first-order chi connectivity index (χ1) is 10.2. The molecule has 1 unspecified atom stereocenters. The SMILES string of the molecule is CCc1cnccc1C(=O)NCCC(O)c1ccccc1. The molecular weight excluding hydrogens is 264 g/mol. The third-order valence-corrected chi connectivity index (χ3v) is 3.42. The molecule has 4 heteroatoms. The minimum Gasteiger partial charge on any atom is -0.388 e. The van der Waals surface area contributed by atoms with Crippen LogP contribution in [-0.4, -0.2) is 22.5 Å². The van der Waals surface area contributed by atoms with E-state index in [9.17, 15) is 9.90 Å². The zero-order valence-electron chi connectivity index (χ0n) is 12.1. The number of benzene rings is 1. The van der Waals surface area contributed by atoms with Gasteiger partial charge in [0.1, 0.15) is 0 Å². The molecule has 1 amide bonds. The van der Waals surface area contributed by atoms with Crippen molar-refractivity contribution in [3.63, 3.8) is 0 Å². The summed E-state index contributed by atoms with van der Waals surface area (Å²) in [6.07, 6.45) is 4.03. The van der Waals surface area contributed by atoms with E-state index < -0.39 is 6.10 Å². The highest BCUT2D eigenvalue weighted by Crippen LogP contribution is 2.15. The van der Waals surface area contributed by atoms with Crippen LogP contribution in [0.25, 0.3) is 0 Å². The summed E-state index contributed by atoms with van der Waals surface area (Å²) in [4.78, 5) is 16.1. The van der Waals surface area contributed by atoms with Crippen molar-refractivity contribution >= 4 is 5.91 Å². The Bertz CT molecular complexity index is 584. The van der Waals surface area contributed by atoms with E-state index in [4.69, 9.17) is 0 Å². The average molecular weight is 284 g/mol. The van der Waals surface area contributed by atoms with Crippen molar-refractivity contribution < 1.29 is 9.90 Å². The Morgan fingerprint density at radius 3 is 2.76 bits per heavy atom. The van der Waals surface area contributed by atoms with Crippen molar-refractivity contribution in [2.24, 2.45) is 0 Å². The van der Waals surface area contributed by atoms with Crippen LogP contribution in [0.15, 0.2) is 48.8 Å². The Morgan fingerprint density at radius 2 is 2.05 bits per heavy atom. The van der Waals surface area contributed by atoms with E-state index in [1.807, 2.05) is 37.3 Å². The maximum Gasteiger partial charge on any atom is 0.251 e. The fraction of sp³-hybridized carbons (Fsp3) is 0.294. The lowest BCUT2D eigenvalue weighted by molar-refractivity contribution is 0.0941. The van der Waals surface area contributed by atoms with E-state index in [2.05, 4.69) is 10.3 Å². The highest BCUT2D eigenvalue weighted by molar-refractivity contribution is 5.95. The van der Waals surface area contributed by atoms with Crippen molar-refractivity contribution in [3.8, 4) is 0 Å². The Kier molecular flexibility index (Phi) is 5.46. The lowest BCUT2D eigenvalue weighted by atomic mass is 10.1. The first-order valence-electron chi connectivity index (χ1n) is 7.16. The van der Waals surface area contributed by atoms with Crippen molar-refractivity contribution in [2.45, 2.75) is 25.9 Å². The second-order valence-electron chi connectivity index (χ2n) is 4.86. The van der Waals surface area contributed by atoms with Crippen LogP contribution in [0.4, 0.5) is 0 Å². The van der Waals surface area contributed by atoms with Crippen molar-refractivity contribution in [1.82, 2.24) is 10.3 Å². The van der Waals surface area contributed by atoms with Gasteiger partial charge in [-0.05, 0) is 30.0 Å². The molecule has 2 aromatic rings. The number of amides is 1. The molecule has 0 aliphatic rings. The van der Waals surface area contributed by atoms with E-state index >= 15 is 0 Å². The molecule has 4 nitrogen and oxygen atoms in total. The van der Waals surface area contributed by atoms with E-state index in [1.54, 1.807) is 18.5 Å². The number of nitrogens with zero attached hydrogens (tertiary/aromatic N) is 1. The van der Waals surface area contributed by atoms with Gasteiger partial charge in [0, 0.05) is 24.5 Å². The lowest BCUT2D eigenvalue weighted by Crippen LogP contribution is -2.26. The van der Waals surface area contributed by atoms with Crippen LogP contribution >= 0.6 is 0 Å². The Balaban J connectivity index is 1.87. The van der Waals surface area contributed by atoms with Crippen LogP contribution < -0.4 is 5.32 Å². The molecule has 1 heterocycles. The minimum atomic E-state index is -0.561. The lowest BCUT2D eigenvalue weighted by Gasteiger charge is -2.12. The van der Waals surface area contributed by atoms with Crippen LogP contribution in [0.3, 0.4) is 0 Å². The van der Waals surface area contributed by atoms with Gasteiger partial charge in [0.15, 0.2) is 0 Å². The molecule has 0 saturated heterocycles.